The average Bonchev–Trinajstić information content (AvgIpc) is 0. The van der Waals surface area contributed by atoms with Crippen LogP contribution in [0.3, 0.4) is 0 Å². The molecule has 0 fully saturated rings. The van der Waals surface area contributed by atoms with Gasteiger partial charge in [-0.3, -0.25) is 0 Å². The Labute approximate surface area is 52.4 Å². The number of hydrogen-bond donors (Lipinski definition) is 1. The average molecular weight is 93.1 g/mol. The third-order valence-electron chi connectivity index (χ3n) is 0. The van der Waals surface area contributed by atoms with Crippen LogP contribution in [0.5, 0.6) is 0 Å². The number of rotatable bonds is 0. The number of hydrogen-bond acceptors (Lipinski definition) is 2. The van der Waals surface area contributed by atoms with E-state index in [2.05, 4.69) is 0 Å². The van der Waals surface area contributed by atoms with E-state index >= 15 is 0 Å². The Hall–Kier alpha value is 0.840. The van der Waals surface area contributed by atoms with Crippen LogP contribution in [0.2, 0.25) is 0 Å². The van der Waals surface area contributed by atoms with Gasteiger partial charge in [-0.1, -0.05) is 0 Å². The Morgan fingerprint density at radius 3 is 0.800 bits per heavy atom. The van der Waals surface area contributed by atoms with E-state index in [0.29, 0.717) is 0 Å². The molecule has 0 radical (unpaired) electrons. The quantitative estimate of drug-likeness (QED) is 0.302. The van der Waals surface area contributed by atoms with Gasteiger partial charge in [0, 0.05) is 0 Å². The normalized spacial score (nSPS) is 0. The first kappa shape index (κ1) is 194. The summed E-state index contributed by atoms with van der Waals surface area (Å²) in [5, 5.41) is 0. The van der Waals surface area contributed by atoms with Crippen LogP contribution in [-0.2, 0) is 0 Å². The second-order valence-electron chi connectivity index (χ2n) is 0. The van der Waals surface area contributed by atoms with Gasteiger partial charge >= 0.3 is 29.6 Å². The molecule has 0 aromatic carbocycles. The van der Waals surface area contributed by atoms with Gasteiger partial charge in [-0.2, -0.15) is 0 Å². The molecule has 8 N–H and O–H groups in total. The third kappa shape index (κ3) is 55.3. The first-order valence-corrected chi connectivity index (χ1v) is 0. The van der Waals surface area contributed by atoms with E-state index in [0.717, 1.165) is 0 Å². The maximum atomic E-state index is 0. The summed E-state index contributed by atoms with van der Waals surface area (Å²) < 4.78 is 0. The van der Waals surface area contributed by atoms with Gasteiger partial charge in [0.15, 0.2) is 0 Å². The molecule has 0 saturated carbocycles. The van der Waals surface area contributed by atoms with Gasteiger partial charge < -0.3 is 22.6 Å². The van der Waals surface area contributed by atoms with Crippen LogP contribution < -0.4 is 35.7 Å². The van der Waals surface area contributed by atoms with E-state index in [4.69, 9.17) is 0 Å². The Balaban J connectivity index is 0. The van der Waals surface area contributed by atoms with Crippen molar-refractivity contribution in [1.82, 2.24) is 6.15 Å². The Bertz CT molecular complexity index is 6.85. The van der Waals surface area contributed by atoms with Crippen LogP contribution in [0, 0.1) is 0 Å². The van der Waals surface area contributed by atoms with Crippen LogP contribution in [0.25, 0.3) is 0 Å². The molecule has 4 nitrogen and oxygen atoms in total. The maximum Gasteiger partial charge on any atom is 1.00 e. The van der Waals surface area contributed by atoms with Gasteiger partial charge in [-0.05, 0) is 0 Å². The van der Waals surface area contributed by atoms with Crippen molar-refractivity contribution in [1.29, 1.82) is 0 Å². The summed E-state index contributed by atoms with van der Waals surface area (Å²) >= 11 is 0. The molecule has 0 heterocycles. The summed E-state index contributed by atoms with van der Waals surface area (Å²) in [7, 11) is 0. The summed E-state index contributed by atoms with van der Waals surface area (Å²) in [5.74, 6) is 0. The van der Waals surface area contributed by atoms with E-state index in [1.165, 1.54) is 0 Å². The second-order valence-corrected chi connectivity index (χ2v) is 0. The Kier molecular flexibility index (Phi) is 3920. The van der Waals surface area contributed by atoms with Crippen molar-refractivity contribution in [2.45, 2.75) is 0 Å². The smallest absolute Gasteiger partial charge is 0.870 e. The monoisotopic (exact) mass is 93.0 g/mol. The third-order valence-corrected chi connectivity index (χ3v) is 0. The molecule has 0 aliphatic carbocycles. The molecule has 0 amide bonds. The fraction of sp³-hybridized carbons (Fsp3) is 0. The molecule has 0 spiro atoms. The van der Waals surface area contributed by atoms with Crippen molar-refractivity contribution in [3.05, 3.63) is 0 Å². The van der Waals surface area contributed by atoms with E-state index in [1.54, 1.807) is 0 Å². The molecule has 0 aromatic rings. The summed E-state index contributed by atoms with van der Waals surface area (Å²) in [6.45, 7) is 0. The molecule has 0 unspecified atom stereocenters. The summed E-state index contributed by atoms with van der Waals surface area (Å²) in [6.07, 6.45) is 0. The van der Waals surface area contributed by atoms with Crippen LogP contribution >= 0.6 is 0 Å². The molecular formula is H8NNaO3. The van der Waals surface area contributed by atoms with E-state index < -0.39 is 0 Å². The molecule has 0 aromatic heterocycles. The minimum atomic E-state index is 0. The molecule has 0 aliphatic rings. The molecule has 0 bridgehead atoms. The molecular weight excluding hydrogens is 85.0 g/mol. The van der Waals surface area contributed by atoms with Crippen molar-refractivity contribution in [3.63, 3.8) is 0 Å². The largest absolute Gasteiger partial charge is 1.00 e. The van der Waals surface area contributed by atoms with Gasteiger partial charge in [-0.15, -0.1) is 0 Å². The Morgan fingerprint density at radius 1 is 0.800 bits per heavy atom. The minimum absolute atomic E-state index is 0. The minimum Gasteiger partial charge on any atom is -0.870 e. The zero-order chi connectivity index (χ0) is 0. The van der Waals surface area contributed by atoms with Crippen molar-refractivity contribution in [2.75, 3.05) is 0 Å². The molecule has 32 valence electrons. The van der Waals surface area contributed by atoms with Crippen LogP contribution in [0.1, 0.15) is 0 Å². The zero-order valence-corrected chi connectivity index (χ0v) is 5.15. The van der Waals surface area contributed by atoms with E-state index in [1.807, 2.05) is 0 Å². The van der Waals surface area contributed by atoms with Crippen molar-refractivity contribution in [3.8, 4) is 0 Å². The predicted octanol–water partition coefficient (Wildman–Crippen LogP) is -4.66. The SMILES string of the molecule is N.O.O.[Na+].[OH-]. The topological polar surface area (TPSA) is 128 Å². The summed E-state index contributed by atoms with van der Waals surface area (Å²) in [6, 6.07) is 0. The van der Waals surface area contributed by atoms with Crippen LogP contribution in [0.15, 0.2) is 0 Å². The van der Waals surface area contributed by atoms with E-state index in [-0.39, 0.29) is 52.1 Å². The Morgan fingerprint density at radius 2 is 0.800 bits per heavy atom. The fourth-order valence-corrected chi connectivity index (χ4v) is 0. The van der Waals surface area contributed by atoms with Crippen molar-refractivity contribution >= 4 is 0 Å². The molecule has 0 saturated heterocycles. The van der Waals surface area contributed by atoms with E-state index in [9.17, 15) is 0 Å². The van der Waals surface area contributed by atoms with Gasteiger partial charge in [0.05, 0.1) is 0 Å². The molecule has 0 aliphatic heterocycles. The summed E-state index contributed by atoms with van der Waals surface area (Å²) in [4.78, 5) is 0. The fourth-order valence-electron chi connectivity index (χ4n) is 0. The molecule has 5 heteroatoms. The van der Waals surface area contributed by atoms with Crippen molar-refractivity contribution in [2.24, 2.45) is 0 Å². The second kappa shape index (κ2) is 101. The van der Waals surface area contributed by atoms with Gasteiger partial charge in [0.2, 0.25) is 0 Å². The standard InChI is InChI=1S/H3N.Na.3H2O/h1H3;;3*1H2/q;+1;;;/p-1. The van der Waals surface area contributed by atoms with Gasteiger partial charge in [0.25, 0.3) is 0 Å². The predicted molar refractivity (Wildman–Crippen MR) is 14.2 cm³/mol. The molecule has 0 rings (SSSR count). The maximum absolute atomic E-state index is 0. The van der Waals surface area contributed by atoms with Crippen LogP contribution in [0.4, 0.5) is 0 Å². The molecule has 5 heavy (non-hydrogen) atoms. The zero-order valence-electron chi connectivity index (χ0n) is 3.15. The first-order chi connectivity index (χ1) is 0. The summed E-state index contributed by atoms with van der Waals surface area (Å²) in [5.41, 5.74) is 0. The first-order valence-electron chi connectivity index (χ1n) is 0. The van der Waals surface area contributed by atoms with Crippen molar-refractivity contribution < 1.29 is 46.0 Å². The van der Waals surface area contributed by atoms with Gasteiger partial charge in [-0.25, -0.2) is 0 Å². The van der Waals surface area contributed by atoms with Crippen LogP contribution in [-0.4, -0.2) is 16.4 Å². The molecule has 0 atom stereocenters. The van der Waals surface area contributed by atoms with Gasteiger partial charge in [0.1, 0.15) is 0 Å².